The van der Waals surface area contributed by atoms with E-state index >= 15 is 0 Å². The number of aryl methyl sites for hydroxylation is 2. The molecule has 3 heterocycles. The summed E-state index contributed by atoms with van der Waals surface area (Å²) in [4.78, 5) is 8.59. The van der Waals surface area contributed by atoms with E-state index in [1.165, 1.54) is 5.56 Å². The summed E-state index contributed by atoms with van der Waals surface area (Å²) in [6.07, 6.45) is 5.31. The second-order valence-electron chi connectivity index (χ2n) is 4.80. The minimum atomic E-state index is 0.456. The highest BCUT2D eigenvalue weighted by Gasteiger charge is 2.11. The first-order chi connectivity index (χ1) is 9.56. The molecule has 0 aliphatic rings. The molecule has 0 atom stereocenters. The summed E-state index contributed by atoms with van der Waals surface area (Å²) >= 11 is 0. The zero-order valence-corrected chi connectivity index (χ0v) is 11.8. The quantitative estimate of drug-likeness (QED) is 0.749. The summed E-state index contributed by atoms with van der Waals surface area (Å²) in [5.74, 6) is 1.13. The third-order valence-electron chi connectivity index (χ3n) is 3.48. The maximum atomic E-state index is 5.80. The number of nitrogens with two attached hydrogens (primary N) is 1. The number of imidazole rings is 1. The van der Waals surface area contributed by atoms with Gasteiger partial charge < -0.3 is 15.5 Å². The van der Waals surface area contributed by atoms with Crippen LogP contribution >= 0.6 is 0 Å². The van der Waals surface area contributed by atoms with E-state index in [1.807, 2.05) is 29.3 Å². The molecule has 0 bridgehead atoms. The topological polar surface area (TPSA) is 86.1 Å². The van der Waals surface area contributed by atoms with Gasteiger partial charge in [-0.2, -0.15) is 5.10 Å². The van der Waals surface area contributed by atoms with Crippen LogP contribution in [0.15, 0.2) is 18.6 Å². The van der Waals surface area contributed by atoms with Crippen molar-refractivity contribution in [2.24, 2.45) is 7.05 Å². The SMILES string of the molecule is Cc1nn(C)c(C)c1CNc1nc(N)cn2ccnc12. The lowest BCUT2D eigenvalue weighted by Crippen LogP contribution is -2.07. The van der Waals surface area contributed by atoms with Crippen molar-refractivity contribution < 1.29 is 0 Å². The van der Waals surface area contributed by atoms with Gasteiger partial charge in [0.05, 0.1) is 11.9 Å². The number of nitrogens with one attached hydrogen (secondary N) is 1. The van der Waals surface area contributed by atoms with Crippen LogP contribution < -0.4 is 11.1 Å². The van der Waals surface area contributed by atoms with Crippen LogP contribution in [0.5, 0.6) is 0 Å². The van der Waals surface area contributed by atoms with Crippen molar-refractivity contribution >= 4 is 17.3 Å². The molecular formula is C13H17N7. The Morgan fingerprint density at radius 3 is 2.85 bits per heavy atom. The van der Waals surface area contributed by atoms with Gasteiger partial charge in [-0.15, -0.1) is 0 Å². The summed E-state index contributed by atoms with van der Waals surface area (Å²) in [5, 5.41) is 7.70. The predicted octanol–water partition coefficient (Wildman–Crippen LogP) is 1.27. The Morgan fingerprint density at radius 2 is 2.15 bits per heavy atom. The van der Waals surface area contributed by atoms with Crippen LogP contribution in [0, 0.1) is 13.8 Å². The minimum Gasteiger partial charge on any atom is -0.382 e. The third-order valence-corrected chi connectivity index (χ3v) is 3.48. The van der Waals surface area contributed by atoms with Gasteiger partial charge in [-0.05, 0) is 13.8 Å². The number of anilines is 2. The first-order valence-corrected chi connectivity index (χ1v) is 6.38. The maximum Gasteiger partial charge on any atom is 0.180 e. The summed E-state index contributed by atoms with van der Waals surface area (Å²) in [6.45, 7) is 4.70. The van der Waals surface area contributed by atoms with Gasteiger partial charge in [-0.1, -0.05) is 0 Å². The number of hydrogen-bond acceptors (Lipinski definition) is 5. The fraction of sp³-hybridized carbons (Fsp3) is 0.308. The number of aromatic nitrogens is 5. The van der Waals surface area contributed by atoms with Crippen LogP contribution in [0.1, 0.15) is 17.0 Å². The average Bonchev–Trinajstić information content (AvgIpc) is 2.94. The number of nitrogens with zero attached hydrogens (tertiary/aromatic N) is 5. The van der Waals surface area contributed by atoms with Gasteiger partial charge in [0.1, 0.15) is 5.82 Å². The van der Waals surface area contributed by atoms with Gasteiger partial charge >= 0.3 is 0 Å². The van der Waals surface area contributed by atoms with Crippen LogP contribution in [-0.2, 0) is 13.6 Å². The molecular weight excluding hydrogens is 254 g/mol. The molecule has 3 aromatic rings. The van der Waals surface area contributed by atoms with Crippen LogP contribution in [0.2, 0.25) is 0 Å². The van der Waals surface area contributed by atoms with E-state index in [1.54, 1.807) is 12.4 Å². The summed E-state index contributed by atoms with van der Waals surface area (Å²) in [7, 11) is 1.94. The van der Waals surface area contributed by atoms with Gasteiger partial charge in [0, 0.05) is 37.2 Å². The lowest BCUT2D eigenvalue weighted by atomic mass is 10.2. The smallest absolute Gasteiger partial charge is 0.180 e. The molecule has 7 nitrogen and oxygen atoms in total. The van der Waals surface area contributed by atoms with E-state index in [2.05, 4.69) is 27.3 Å². The van der Waals surface area contributed by atoms with Crippen molar-refractivity contribution in [3.8, 4) is 0 Å². The Bertz CT molecular complexity index is 768. The number of fused-ring (bicyclic) bond motifs is 1. The molecule has 0 radical (unpaired) electrons. The number of nitrogen functional groups attached to an aromatic ring is 1. The van der Waals surface area contributed by atoms with Gasteiger partial charge in [-0.25, -0.2) is 9.97 Å². The normalized spacial score (nSPS) is 11.2. The van der Waals surface area contributed by atoms with Crippen molar-refractivity contribution in [3.63, 3.8) is 0 Å². The molecule has 0 amide bonds. The maximum absolute atomic E-state index is 5.80. The van der Waals surface area contributed by atoms with E-state index in [9.17, 15) is 0 Å². The number of hydrogen-bond donors (Lipinski definition) is 2. The standard InChI is InChI=1S/C13H17N7/c1-8-10(9(2)19(3)18-8)6-16-12-13-15-4-5-20(13)7-11(14)17-12/h4-5,7H,6,14H2,1-3H3,(H,16,17). The number of rotatable bonds is 3. The lowest BCUT2D eigenvalue weighted by Gasteiger charge is -2.08. The highest BCUT2D eigenvalue weighted by Crippen LogP contribution is 2.18. The molecule has 0 saturated carbocycles. The second-order valence-corrected chi connectivity index (χ2v) is 4.80. The summed E-state index contributed by atoms with van der Waals surface area (Å²) in [5.41, 5.74) is 9.88. The molecule has 0 fully saturated rings. The molecule has 104 valence electrons. The van der Waals surface area contributed by atoms with E-state index < -0.39 is 0 Å². The zero-order chi connectivity index (χ0) is 14.3. The van der Waals surface area contributed by atoms with Gasteiger partial charge in [0.15, 0.2) is 11.5 Å². The Labute approximate surface area is 116 Å². The molecule has 20 heavy (non-hydrogen) atoms. The van der Waals surface area contributed by atoms with Crippen LogP contribution in [0.3, 0.4) is 0 Å². The molecule has 3 rings (SSSR count). The average molecular weight is 271 g/mol. The predicted molar refractivity (Wildman–Crippen MR) is 77.4 cm³/mol. The van der Waals surface area contributed by atoms with Gasteiger partial charge in [0.2, 0.25) is 0 Å². The fourth-order valence-electron chi connectivity index (χ4n) is 2.32. The van der Waals surface area contributed by atoms with E-state index in [0.29, 0.717) is 18.2 Å². The fourth-order valence-corrected chi connectivity index (χ4v) is 2.32. The highest BCUT2D eigenvalue weighted by molar-refractivity contribution is 5.64. The van der Waals surface area contributed by atoms with E-state index in [4.69, 9.17) is 5.73 Å². The van der Waals surface area contributed by atoms with Crippen molar-refractivity contribution in [1.29, 1.82) is 0 Å². The molecule has 0 saturated heterocycles. The Balaban J connectivity index is 1.92. The Hall–Kier alpha value is -2.57. The summed E-state index contributed by atoms with van der Waals surface area (Å²) < 4.78 is 3.73. The highest BCUT2D eigenvalue weighted by atomic mass is 15.3. The van der Waals surface area contributed by atoms with Crippen LogP contribution in [-0.4, -0.2) is 24.1 Å². The molecule has 3 aromatic heterocycles. The third kappa shape index (κ3) is 1.97. The molecule has 3 N–H and O–H groups in total. The Kier molecular flexibility index (Phi) is 2.81. The van der Waals surface area contributed by atoms with Crippen molar-refractivity contribution in [3.05, 3.63) is 35.5 Å². The van der Waals surface area contributed by atoms with E-state index in [0.717, 1.165) is 17.0 Å². The van der Waals surface area contributed by atoms with Crippen molar-refractivity contribution in [1.82, 2.24) is 24.1 Å². The summed E-state index contributed by atoms with van der Waals surface area (Å²) in [6, 6.07) is 0. The molecule has 0 aliphatic carbocycles. The largest absolute Gasteiger partial charge is 0.382 e. The van der Waals surface area contributed by atoms with Crippen molar-refractivity contribution in [2.45, 2.75) is 20.4 Å². The van der Waals surface area contributed by atoms with Gasteiger partial charge in [-0.3, -0.25) is 4.68 Å². The van der Waals surface area contributed by atoms with Gasteiger partial charge in [0.25, 0.3) is 0 Å². The lowest BCUT2D eigenvalue weighted by molar-refractivity contribution is 0.730. The molecule has 0 unspecified atom stereocenters. The van der Waals surface area contributed by atoms with Crippen LogP contribution in [0.4, 0.5) is 11.6 Å². The molecule has 0 aliphatic heterocycles. The molecule has 0 aromatic carbocycles. The zero-order valence-electron chi connectivity index (χ0n) is 11.8. The minimum absolute atomic E-state index is 0.456. The monoisotopic (exact) mass is 271 g/mol. The Morgan fingerprint density at radius 1 is 1.35 bits per heavy atom. The first-order valence-electron chi connectivity index (χ1n) is 6.38. The molecule has 7 heteroatoms. The molecule has 0 spiro atoms. The first kappa shape index (κ1) is 12.5. The van der Waals surface area contributed by atoms with Crippen molar-refractivity contribution in [2.75, 3.05) is 11.1 Å². The second kappa shape index (κ2) is 4.52. The van der Waals surface area contributed by atoms with E-state index in [-0.39, 0.29) is 0 Å². The van der Waals surface area contributed by atoms with Crippen LogP contribution in [0.25, 0.3) is 5.65 Å².